The summed E-state index contributed by atoms with van der Waals surface area (Å²) in [5.74, 6) is 0. The van der Waals surface area contributed by atoms with Gasteiger partial charge in [-0.2, -0.15) is 0 Å². The minimum Gasteiger partial charge on any atom is -0.456 e. The predicted octanol–water partition coefficient (Wildman–Crippen LogP) is 23.3. The lowest BCUT2D eigenvalue weighted by Crippen LogP contribution is -2.16. The molecule has 5 heteroatoms. The molecule has 3 aromatic heterocycles. The fourth-order valence-electron chi connectivity index (χ4n) is 14.5. The molecule has 0 radical (unpaired) electrons. The van der Waals surface area contributed by atoms with E-state index in [2.05, 4.69) is 335 Å². The Kier molecular flexibility index (Phi) is 12.1. The summed E-state index contributed by atoms with van der Waals surface area (Å²) in [4.78, 5) is 4.69. The molecule has 15 aromatic carbocycles. The zero-order chi connectivity index (χ0) is 60.1. The highest BCUT2D eigenvalue weighted by Gasteiger charge is 2.23. The van der Waals surface area contributed by atoms with Crippen LogP contribution in [0, 0.1) is 0 Å². The normalized spacial score (nSPS) is 11.8. The van der Waals surface area contributed by atoms with E-state index in [-0.39, 0.29) is 0 Å². The van der Waals surface area contributed by atoms with Gasteiger partial charge in [-0.1, -0.05) is 212 Å². The van der Waals surface area contributed by atoms with Gasteiger partial charge < -0.3 is 23.4 Å². The molecule has 5 nitrogen and oxygen atoms in total. The predicted molar refractivity (Wildman–Crippen MR) is 384 cm³/mol. The molecule has 91 heavy (non-hydrogen) atoms. The van der Waals surface area contributed by atoms with Crippen LogP contribution in [0.3, 0.4) is 0 Å². The average Bonchev–Trinajstić information content (AvgIpc) is 1.57. The lowest BCUT2D eigenvalue weighted by Gasteiger charge is -2.26. The molecule has 18 rings (SSSR count). The molecular formula is C86H58N4O. The van der Waals surface area contributed by atoms with Crippen LogP contribution >= 0.6 is 0 Å². The topological polar surface area (TPSA) is 29.5 Å². The zero-order valence-electron chi connectivity index (χ0n) is 50.0. The second kappa shape index (κ2) is 21.2. The van der Waals surface area contributed by atoms with Crippen molar-refractivity contribution in [1.82, 2.24) is 9.13 Å². The highest BCUT2D eigenvalue weighted by Crippen LogP contribution is 2.47. The lowest BCUT2D eigenvalue weighted by atomic mass is 9.93. The van der Waals surface area contributed by atoms with Crippen LogP contribution in [-0.2, 0) is 6.54 Å². The number of furan rings is 1. The van der Waals surface area contributed by atoms with Crippen LogP contribution in [-0.4, -0.2) is 16.2 Å². The van der Waals surface area contributed by atoms with Crippen molar-refractivity contribution >= 4 is 121 Å². The number of benzene rings is 15. The molecule has 0 spiro atoms. The Morgan fingerprint density at radius 3 is 1.63 bits per heavy atom. The summed E-state index contributed by atoms with van der Waals surface area (Å²) in [5, 5.41) is 14.8. The Balaban J connectivity index is 0.632. The van der Waals surface area contributed by atoms with Gasteiger partial charge in [-0.05, 0) is 175 Å². The van der Waals surface area contributed by atoms with Gasteiger partial charge in [0.1, 0.15) is 11.2 Å². The molecule has 0 aliphatic rings. The van der Waals surface area contributed by atoms with Gasteiger partial charge >= 0.3 is 0 Å². The van der Waals surface area contributed by atoms with E-state index in [1.165, 1.54) is 115 Å². The first-order valence-electron chi connectivity index (χ1n) is 31.3. The molecule has 0 saturated carbocycles. The Morgan fingerprint density at radius 1 is 0.297 bits per heavy atom. The molecular weight excluding hydrogens is 1100 g/mol. The molecule has 0 bridgehead atoms. The van der Waals surface area contributed by atoms with E-state index < -0.39 is 0 Å². The molecule has 0 N–H and O–H groups in total. The maximum Gasteiger partial charge on any atom is 0.135 e. The monoisotopic (exact) mass is 1160 g/mol. The molecule has 0 atom stereocenters. The molecule has 0 aliphatic carbocycles. The van der Waals surface area contributed by atoms with Gasteiger partial charge in [0.15, 0.2) is 0 Å². The zero-order valence-corrected chi connectivity index (χ0v) is 50.0. The summed E-state index contributed by atoms with van der Waals surface area (Å²) in [6, 6.07) is 118. The van der Waals surface area contributed by atoms with Crippen molar-refractivity contribution in [3.8, 4) is 44.8 Å². The van der Waals surface area contributed by atoms with E-state index in [0.29, 0.717) is 6.54 Å². The number of hydrogen-bond acceptors (Lipinski definition) is 3. The van der Waals surface area contributed by atoms with E-state index in [0.717, 1.165) is 56.1 Å². The van der Waals surface area contributed by atoms with Crippen LogP contribution < -0.4 is 9.80 Å². The fourth-order valence-corrected chi connectivity index (χ4v) is 14.5. The van der Waals surface area contributed by atoms with E-state index >= 15 is 0 Å². The van der Waals surface area contributed by atoms with Crippen molar-refractivity contribution in [3.63, 3.8) is 0 Å². The van der Waals surface area contributed by atoms with Crippen molar-refractivity contribution in [1.29, 1.82) is 0 Å². The molecule has 428 valence electrons. The smallest absolute Gasteiger partial charge is 0.135 e. The Morgan fingerprint density at radius 2 is 0.846 bits per heavy atom. The summed E-state index contributed by atoms with van der Waals surface area (Å²) in [5.41, 5.74) is 21.7. The average molecular weight is 1160 g/mol. The van der Waals surface area contributed by atoms with Gasteiger partial charge in [-0.15, -0.1) is 0 Å². The minimum absolute atomic E-state index is 0.701. The summed E-state index contributed by atoms with van der Waals surface area (Å²) < 4.78 is 11.0. The Bertz CT molecular complexity index is 5860. The van der Waals surface area contributed by atoms with E-state index in [9.17, 15) is 0 Å². The van der Waals surface area contributed by atoms with Crippen molar-refractivity contribution in [2.24, 2.45) is 0 Å². The lowest BCUT2D eigenvalue weighted by molar-refractivity contribution is 0.669. The fraction of sp³-hybridized carbons (Fsp3) is 0.0233. The third-order valence-electron chi connectivity index (χ3n) is 19.0. The third kappa shape index (κ3) is 8.69. The van der Waals surface area contributed by atoms with E-state index in [1.54, 1.807) is 0 Å². The van der Waals surface area contributed by atoms with Gasteiger partial charge in [0.25, 0.3) is 0 Å². The van der Waals surface area contributed by atoms with Crippen molar-refractivity contribution in [2.45, 2.75) is 6.54 Å². The first kappa shape index (κ1) is 52.2. The first-order chi connectivity index (χ1) is 45.0. The van der Waals surface area contributed by atoms with Gasteiger partial charge in [0, 0.05) is 85.4 Å². The highest BCUT2D eigenvalue weighted by molar-refractivity contribution is 6.34. The number of aromatic nitrogens is 2. The second-order valence-corrected chi connectivity index (χ2v) is 24.1. The van der Waals surface area contributed by atoms with Crippen LogP contribution in [0.4, 0.5) is 22.7 Å². The number of para-hydroxylation sites is 3. The summed E-state index contributed by atoms with van der Waals surface area (Å²) >= 11 is 0. The third-order valence-corrected chi connectivity index (χ3v) is 19.0. The summed E-state index contributed by atoms with van der Waals surface area (Å²) in [6.45, 7) is 0.701. The Hall–Kier alpha value is -11.9. The number of anilines is 4. The molecule has 0 saturated heterocycles. The molecule has 3 heterocycles. The standard InChI is InChI=1S/C86H58N4O/c1-87(64-44-36-60(37-45-64)63-41-51-83-78(53-63)74-23-12-14-29-82(74)91-83)68-49-50-80-77(54-68)73-22-11-13-27-79(73)89(80)67-42-30-56(31-43-67)55-88(65-18-3-2-4-19-65)66-46-38-59(39-47-66)58-32-34-61(35-33-58)70-26-15-28-81-84(70)85-75-24-9-7-20-71(75)72-21-8-10-25-76(72)86(85)90(81)69-48-40-57-16-5-6-17-62(57)52-69/h2-54H,55H2,1H3. The number of nitrogens with zero attached hydrogens (tertiary/aromatic N) is 4. The van der Waals surface area contributed by atoms with Gasteiger partial charge in [0.2, 0.25) is 0 Å². The van der Waals surface area contributed by atoms with Gasteiger partial charge in [0.05, 0.1) is 22.1 Å². The first-order valence-corrected chi connectivity index (χ1v) is 31.3. The maximum atomic E-state index is 6.12. The largest absolute Gasteiger partial charge is 0.456 e. The van der Waals surface area contributed by atoms with Crippen molar-refractivity contribution in [3.05, 3.63) is 327 Å². The van der Waals surface area contributed by atoms with Crippen LogP contribution in [0.1, 0.15) is 5.56 Å². The number of fused-ring (bicyclic) bond motifs is 15. The van der Waals surface area contributed by atoms with Crippen molar-refractivity contribution in [2.75, 3.05) is 16.8 Å². The van der Waals surface area contributed by atoms with Gasteiger partial charge in [-0.25, -0.2) is 0 Å². The van der Waals surface area contributed by atoms with Crippen molar-refractivity contribution < 1.29 is 4.42 Å². The summed E-state index contributed by atoms with van der Waals surface area (Å²) in [7, 11) is 2.15. The van der Waals surface area contributed by atoms with E-state index in [4.69, 9.17) is 4.42 Å². The quantitative estimate of drug-likeness (QED) is 0.121. The Labute approximate surface area is 526 Å². The van der Waals surface area contributed by atoms with Crippen LogP contribution in [0.15, 0.2) is 326 Å². The number of rotatable bonds is 11. The molecule has 0 aliphatic heterocycles. The summed E-state index contributed by atoms with van der Waals surface area (Å²) in [6.07, 6.45) is 0. The molecule has 0 fully saturated rings. The van der Waals surface area contributed by atoms with Crippen LogP contribution in [0.5, 0.6) is 0 Å². The molecule has 0 unspecified atom stereocenters. The maximum absolute atomic E-state index is 6.12. The number of hydrogen-bond donors (Lipinski definition) is 0. The molecule has 18 aromatic rings. The minimum atomic E-state index is 0.701. The highest BCUT2D eigenvalue weighted by atomic mass is 16.3. The van der Waals surface area contributed by atoms with E-state index in [1.807, 2.05) is 12.1 Å². The van der Waals surface area contributed by atoms with Crippen LogP contribution in [0.2, 0.25) is 0 Å². The SMILES string of the molecule is CN(c1ccc(-c2ccc3oc4ccccc4c3c2)cc1)c1ccc2c(c1)c1ccccc1n2-c1ccc(CN(c2ccccc2)c2ccc(-c3ccc(-c4cccc5c4c4c6ccccc6c6ccccc6c4n5-c4ccc5ccccc5c4)cc3)cc2)cc1. The molecule has 0 amide bonds. The van der Waals surface area contributed by atoms with Crippen LogP contribution in [0.25, 0.3) is 143 Å². The van der Waals surface area contributed by atoms with Gasteiger partial charge in [-0.3, -0.25) is 0 Å². The second-order valence-electron chi connectivity index (χ2n) is 24.1.